The fourth-order valence-corrected chi connectivity index (χ4v) is 4.09. The first kappa shape index (κ1) is 16.3. The first-order valence-corrected chi connectivity index (χ1v) is 8.26. The Bertz CT molecular complexity index is 620. The van der Waals surface area contributed by atoms with Crippen LogP contribution in [0, 0.1) is 5.92 Å². The van der Waals surface area contributed by atoms with Crippen LogP contribution >= 0.6 is 12.6 Å². The number of benzene rings is 1. The monoisotopic (exact) mass is 335 g/mol. The molecule has 0 aliphatic carbocycles. The maximum atomic E-state index is 12.5. The lowest BCUT2D eigenvalue weighted by Gasteiger charge is -2.40. The van der Waals surface area contributed by atoms with Crippen molar-refractivity contribution in [2.24, 2.45) is 5.92 Å². The molecule has 4 atom stereocenters. The molecule has 0 spiro atoms. The van der Waals surface area contributed by atoms with Crippen LogP contribution in [0.1, 0.15) is 29.6 Å². The highest BCUT2D eigenvalue weighted by Gasteiger charge is 2.51. The molecule has 0 aromatic heterocycles. The van der Waals surface area contributed by atoms with Crippen molar-refractivity contribution >= 4 is 24.6 Å². The average molecular weight is 335 g/mol. The number of esters is 2. The van der Waals surface area contributed by atoms with E-state index < -0.39 is 18.0 Å². The van der Waals surface area contributed by atoms with Crippen LogP contribution in [-0.4, -0.2) is 49.2 Å². The molecule has 1 aromatic rings. The SMILES string of the molecule is COC(=O)[C@H]1[C@@H](OC(=O)c2ccccc2S)C[C@@H]2CC[C@H]1N2C. The standard InChI is InChI=1S/C17H21NO4S/c1-18-10-7-8-12(18)15(17(20)21-2)13(9-10)22-16(19)11-5-3-4-6-14(11)23/h3-6,10,12-13,15,23H,7-9H2,1-2H3/t10-,12+,13-,15+/m0/s1. The Balaban J connectivity index is 1.81. The summed E-state index contributed by atoms with van der Waals surface area (Å²) < 4.78 is 10.7. The molecule has 2 heterocycles. The van der Waals surface area contributed by atoms with E-state index in [0.29, 0.717) is 22.9 Å². The van der Waals surface area contributed by atoms with Crippen LogP contribution in [0.3, 0.4) is 0 Å². The molecule has 0 amide bonds. The molecule has 0 radical (unpaired) electrons. The van der Waals surface area contributed by atoms with E-state index in [9.17, 15) is 9.59 Å². The number of thiol groups is 1. The van der Waals surface area contributed by atoms with Crippen molar-refractivity contribution in [2.45, 2.75) is 42.3 Å². The van der Waals surface area contributed by atoms with Crippen molar-refractivity contribution in [3.8, 4) is 0 Å². The number of carbonyl (C=O) groups is 2. The summed E-state index contributed by atoms with van der Waals surface area (Å²) >= 11 is 4.30. The fraction of sp³-hybridized carbons (Fsp3) is 0.529. The van der Waals surface area contributed by atoms with Crippen LogP contribution in [0.15, 0.2) is 29.2 Å². The number of fused-ring (bicyclic) bond motifs is 2. The van der Waals surface area contributed by atoms with Gasteiger partial charge in [0.15, 0.2) is 0 Å². The third-order valence-corrected chi connectivity index (χ3v) is 5.46. The van der Waals surface area contributed by atoms with Gasteiger partial charge in [0.25, 0.3) is 0 Å². The Morgan fingerprint density at radius 2 is 2.00 bits per heavy atom. The van der Waals surface area contributed by atoms with Crippen LogP contribution in [0.4, 0.5) is 0 Å². The predicted octanol–water partition coefficient (Wildman–Crippen LogP) is 2.16. The average Bonchev–Trinajstić information content (AvgIpc) is 2.78. The Morgan fingerprint density at radius 1 is 1.26 bits per heavy atom. The Hall–Kier alpha value is -1.53. The zero-order valence-electron chi connectivity index (χ0n) is 13.3. The molecular formula is C17H21NO4S. The third-order valence-electron chi connectivity index (χ3n) is 5.07. The molecule has 124 valence electrons. The van der Waals surface area contributed by atoms with Crippen molar-refractivity contribution < 1.29 is 19.1 Å². The van der Waals surface area contributed by atoms with Crippen LogP contribution in [0.5, 0.6) is 0 Å². The second-order valence-corrected chi connectivity index (χ2v) is 6.69. The minimum Gasteiger partial charge on any atom is -0.469 e. The molecule has 3 rings (SSSR count). The highest BCUT2D eigenvalue weighted by Crippen LogP contribution is 2.40. The van der Waals surface area contributed by atoms with E-state index in [1.54, 1.807) is 18.2 Å². The number of hydrogen-bond donors (Lipinski definition) is 1. The molecule has 0 N–H and O–H groups in total. The van der Waals surface area contributed by atoms with Gasteiger partial charge in [0.2, 0.25) is 0 Å². The van der Waals surface area contributed by atoms with E-state index in [-0.39, 0.29) is 12.0 Å². The number of hydrogen-bond acceptors (Lipinski definition) is 6. The van der Waals surface area contributed by atoms with Crippen molar-refractivity contribution in [3.05, 3.63) is 29.8 Å². The van der Waals surface area contributed by atoms with Crippen LogP contribution in [0.25, 0.3) is 0 Å². The highest BCUT2D eigenvalue weighted by atomic mass is 32.1. The zero-order valence-corrected chi connectivity index (χ0v) is 14.2. The van der Waals surface area contributed by atoms with E-state index in [0.717, 1.165) is 12.8 Å². The molecule has 2 bridgehead atoms. The van der Waals surface area contributed by atoms with Crippen molar-refractivity contribution in [3.63, 3.8) is 0 Å². The largest absolute Gasteiger partial charge is 0.469 e. The second kappa shape index (κ2) is 6.53. The molecule has 0 unspecified atom stereocenters. The minimum atomic E-state index is -0.448. The highest BCUT2D eigenvalue weighted by molar-refractivity contribution is 7.80. The van der Waals surface area contributed by atoms with Gasteiger partial charge in [-0.3, -0.25) is 9.69 Å². The molecule has 5 nitrogen and oxygen atoms in total. The number of rotatable bonds is 3. The lowest BCUT2D eigenvalue weighted by molar-refractivity contribution is -0.156. The van der Waals surface area contributed by atoms with Gasteiger partial charge in [0, 0.05) is 23.4 Å². The number of ether oxygens (including phenoxy) is 2. The molecule has 2 fully saturated rings. The summed E-state index contributed by atoms with van der Waals surface area (Å²) in [5.74, 6) is -1.17. The predicted molar refractivity (Wildman–Crippen MR) is 87.6 cm³/mol. The van der Waals surface area contributed by atoms with Crippen molar-refractivity contribution in [2.75, 3.05) is 14.2 Å². The Morgan fingerprint density at radius 3 is 2.70 bits per heavy atom. The number of nitrogens with zero attached hydrogens (tertiary/aromatic N) is 1. The van der Waals surface area contributed by atoms with Gasteiger partial charge in [0.05, 0.1) is 12.7 Å². The van der Waals surface area contributed by atoms with Crippen LogP contribution in [0.2, 0.25) is 0 Å². The summed E-state index contributed by atoms with van der Waals surface area (Å²) in [6.45, 7) is 0. The first-order chi connectivity index (χ1) is 11.0. The van der Waals surface area contributed by atoms with Gasteiger partial charge in [-0.05, 0) is 32.0 Å². The van der Waals surface area contributed by atoms with Gasteiger partial charge in [-0.1, -0.05) is 12.1 Å². The molecule has 2 saturated heterocycles. The van der Waals surface area contributed by atoms with E-state index in [1.807, 2.05) is 13.1 Å². The number of methoxy groups -OCH3 is 1. The summed E-state index contributed by atoms with van der Waals surface area (Å²) in [7, 11) is 3.41. The maximum Gasteiger partial charge on any atom is 0.339 e. The van der Waals surface area contributed by atoms with Gasteiger partial charge < -0.3 is 9.47 Å². The molecule has 2 aliphatic rings. The van der Waals surface area contributed by atoms with Crippen LogP contribution < -0.4 is 0 Å². The third kappa shape index (κ3) is 2.97. The Labute approximate surface area is 141 Å². The Kier molecular flexibility index (Phi) is 4.64. The van der Waals surface area contributed by atoms with Crippen molar-refractivity contribution in [1.82, 2.24) is 4.90 Å². The smallest absolute Gasteiger partial charge is 0.339 e. The van der Waals surface area contributed by atoms with Gasteiger partial charge in [0.1, 0.15) is 12.0 Å². The lowest BCUT2D eigenvalue weighted by Crippen LogP contribution is -2.53. The number of piperidine rings is 1. The second-order valence-electron chi connectivity index (χ2n) is 6.21. The van der Waals surface area contributed by atoms with Crippen molar-refractivity contribution in [1.29, 1.82) is 0 Å². The number of carbonyl (C=O) groups excluding carboxylic acids is 2. The maximum absolute atomic E-state index is 12.5. The molecule has 1 aromatic carbocycles. The minimum absolute atomic E-state index is 0.0743. The van der Waals surface area contributed by atoms with E-state index in [1.165, 1.54) is 7.11 Å². The summed E-state index contributed by atoms with van der Waals surface area (Å²) in [6.07, 6.45) is 2.16. The molecule has 6 heteroatoms. The quantitative estimate of drug-likeness (QED) is 0.678. The molecular weight excluding hydrogens is 314 g/mol. The van der Waals surface area contributed by atoms with E-state index in [4.69, 9.17) is 9.47 Å². The zero-order chi connectivity index (χ0) is 16.6. The van der Waals surface area contributed by atoms with E-state index in [2.05, 4.69) is 17.5 Å². The summed E-state index contributed by atoms with van der Waals surface area (Å²) in [5, 5.41) is 0. The topological polar surface area (TPSA) is 55.8 Å². The first-order valence-electron chi connectivity index (χ1n) is 7.81. The van der Waals surface area contributed by atoms with Crippen LogP contribution in [-0.2, 0) is 14.3 Å². The van der Waals surface area contributed by atoms with E-state index >= 15 is 0 Å². The molecule has 23 heavy (non-hydrogen) atoms. The fourth-order valence-electron chi connectivity index (χ4n) is 3.83. The summed E-state index contributed by atoms with van der Waals surface area (Å²) in [5.41, 5.74) is 0.422. The molecule has 2 aliphatic heterocycles. The molecule has 0 saturated carbocycles. The summed E-state index contributed by atoms with van der Waals surface area (Å²) in [6, 6.07) is 7.44. The lowest BCUT2D eigenvalue weighted by atomic mass is 9.87. The van der Waals surface area contributed by atoms with Gasteiger partial charge in [-0.15, -0.1) is 12.6 Å². The van der Waals surface area contributed by atoms with Gasteiger partial charge in [-0.25, -0.2) is 4.79 Å². The van der Waals surface area contributed by atoms with Gasteiger partial charge in [-0.2, -0.15) is 0 Å². The van der Waals surface area contributed by atoms with Gasteiger partial charge >= 0.3 is 11.9 Å². The summed E-state index contributed by atoms with van der Waals surface area (Å²) in [4.78, 5) is 27.5. The normalized spacial score (nSPS) is 30.0.